The van der Waals surface area contributed by atoms with Crippen molar-refractivity contribution in [3.63, 3.8) is 0 Å². The van der Waals surface area contributed by atoms with Gasteiger partial charge in [0.1, 0.15) is 5.92 Å². The van der Waals surface area contributed by atoms with Crippen molar-refractivity contribution in [2.75, 3.05) is 5.73 Å². The molecule has 2 aromatic rings. The quantitative estimate of drug-likeness (QED) is 0.117. The smallest absolute Gasteiger partial charge is 0.408 e. The van der Waals surface area contributed by atoms with E-state index in [0.29, 0.717) is 16.5 Å². The van der Waals surface area contributed by atoms with Gasteiger partial charge < -0.3 is 31.9 Å². The molecule has 1 heterocycles. The number of benzene rings is 1. The second-order valence-corrected chi connectivity index (χ2v) is 5.05. The number of carbonyl (C=O) groups is 3. The lowest BCUT2D eigenvalue weighted by Gasteiger charge is -2.16. The van der Waals surface area contributed by atoms with Gasteiger partial charge in [-0.2, -0.15) is 0 Å². The number of hydrogen-bond donors (Lipinski definition) is 4. The van der Waals surface area contributed by atoms with Crippen LogP contribution in [0.2, 0.25) is 0 Å². The second-order valence-electron chi connectivity index (χ2n) is 5.05. The number of nitrogens with zero attached hydrogens (tertiary/aromatic N) is 2. The molecule has 0 saturated heterocycles. The third kappa shape index (κ3) is 4.14. The Bertz CT molecular complexity index is 897. The fourth-order valence-corrected chi connectivity index (χ4v) is 2.39. The first kappa shape index (κ1) is 18.4. The monoisotopic (exact) mass is 361 g/mol. The Morgan fingerprint density at radius 1 is 1.12 bits per heavy atom. The minimum Gasteiger partial charge on any atom is -0.408 e. The summed E-state index contributed by atoms with van der Waals surface area (Å²) in [5.74, 6) is -2.96. The number of aromatic nitrogens is 1. The van der Waals surface area contributed by atoms with Crippen LogP contribution in [0.5, 0.6) is 0 Å². The van der Waals surface area contributed by atoms with E-state index in [4.69, 9.17) is 22.4 Å². The molecule has 2 rings (SSSR count). The maximum atomic E-state index is 12.3. The number of anilines is 1. The molecule has 0 fully saturated rings. The molecule has 0 spiro atoms. The SMILES string of the molecule is NC(=O)OC(=O)C(C/C(=N\O)OC(N)=O)c1nccc2c(N)cccc12. The Hall–Kier alpha value is -3.89. The molecule has 0 aliphatic carbocycles. The molecule has 11 nitrogen and oxygen atoms in total. The maximum absolute atomic E-state index is 12.3. The number of ether oxygens (including phenoxy) is 2. The van der Waals surface area contributed by atoms with Crippen LogP contribution in [0.15, 0.2) is 35.6 Å². The highest BCUT2D eigenvalue weighted by atomic mass is 16.6. The van der Waals surface area contributed by atoms with E-state index in [0.717, 1.165) is 0 Å². The number of fused-ring (bicyclic) bond motifs is 1. The molecule has 136 valence electrons. The molecule has 1 aromatic carbocycles. The molecule has 0 radical (unpaired) electrons. The Labute approximate surface area is 146 Å². The Morgan fingerprint density at radius 2 is 1.81 bits per heavy atom. The fraction of sp³-hybridized carbons (Fsp3) is 0.133. The van der Waals surface area contributed by atoms with Gasteiger partial charge in [-0.15, -0.1) is 0 Å². The van der Waals surface area contributed by atoms with Crippen LogP contribution in [-0.2, 0) is 14.3 Å². The van der Waals surface area contributed by atoms with E-state index < -0.39 is 36.4 Å². The van der Waals surface area contributed by atoms with Gasteiger partial charge in [0.25, 0.3) is 0 Å². The predicted molar refractivity (Wildman–Crippen MR) is 89.1 cm³/mol. The van der Waals surface area contributed by atoms with E-state index in [9.17, 15) is 14.4 Å². The van der Waals surface area contributed by atoms with Gasteiger partial charge in [0.2, 0.25) is 5.90 Å². The van der Waals surface area contributed by atoms with Crippen molar-refractivity contribution >= 4 is 40.5 Å². The first-order valence-corrected chi connectivity index (χ1v) is 7.16. The number of nitrogen functional groups attached to an aromatic ring is 1. The van der Waals surface area contributed by atoms with E-state index in [1.807, 2.05) is 0 Å². The number of amides is 2. The normalized spacial score (nSPS) is 12.4. The van der Waals surface area contributed by atoms with Crippen molar-refractivity contribution in [3.8, 4) is 0 Å². The lowest BCUT2D eigenvalue weighted by Crippen LogP contribution is -2.28. The topological polar surface area (TPSA) is 193 Å². The maximum Gasteiger partial charge on any atom is 0.412 e. The van der Waals surface area contributed by atoms with Crippen LogP contribution < -0.4 is 17.2 Å². The number of nitrogens with two attached hydrogens (primary N) is 3. The summed E-state index contributed by atoms with van der Waals surface area (Å²) in [7, 11) is 0. The summed E-state index contributed by atoms with van der Waals surface area (Å²) in [6, 6.07) is 6.56. The molecule has 1 unspecified atom stereocenters. The van der Waals surface area contributed by atoms with Crippen LogP contribution >= 0.6 is 0 Å². The highest BCUT2D eigenvalue weighted by molar-refractivity contribution is 5.99. The first-order valence-electron chi connectivity index (χ1n) is 7.16. The van der Waals surface area contributed by atoms with Gasteiger partial charge in [0, 0.05) is 29.1 Å². The third-order valence-electron chi connectivity index (χ3n) is 3.40. The van der Waals surface area contributed by atoms with E-state index in [-0.39, 0.29) is 5.69 Å². The van der Waals surface area contributed by atoms with Crippen LogP contribution in [-0.4, -0.2) is 34.2 Å². The second kappa shape index (κ2) is 7.79. The van der Waals surface area contributed by atoms with Gasteiger partial charge >= 0.3 is 18.2 Å². The highest BCUT2D eigenvalue weighted by Gasteiger charge is 2.30. The largest absolute Gasteiger partial charge is 0.412 e. The van der Waals surface area contributed by atoms with Crippen LogP contribution in [0.25, 0.3) is 10.8 Å². The number of hydrogen-bond acceptors (Lipinski definition) is 9. The molecule has 0 bridgehead atoms. The van der Waals surface area contributed by atoms with Crippen molar-refractivity contribution < 1.29 is 29.1 Å². The molecular weight excluding hydrogens is 346 g/mol. The van der Waals surface area contributed by atoms with E-state index in [1.165, 1.54) is 6.20 Å². The van der Waals surface area contributed by atoms with Gasteiger partial charge in [-0.3, -0.25) is 9.78 Å². The molecule has 11 heteroatoms. The van der Waals surface area contributed by atoms with E-state index in [1.54, 1.807) is 24.3 Å². The number of oxime groups is 1. The summed E-state index contributed by atoms with van der Waals surface area (Å²) in [6.07, 6.45) is -1.68. The van der Waals surface area contributed by atoms with Crippen LogP contribution in [0.4, 0.5) is 15.3 Å². The number of esters is 1. The Balaban J connectivity index is 2.54. The number of carbonyl (C=O) groups excluding carboxylic acids is 3. The molecule has 1 atom stereocenters. The molecule has 0 saturated carbocycles. The summed E-state index contributed by atoms with van der Waals surface area (Å²) in [5, 5.41) is 12.8. The average Bonchev–Trinajstić information content (AvgIpc) is 2.57. The minimum absolute atomic E-state index is 0.148. The van der Waals surface area contributed by atoms with Crippen LogP contribution in [0.1, 0.15) is 18.0 Å². The van der Waals surface area contributed by atoms with Gasteiger partial charge in [-0.25, -0.2) is 9.59 Å². The zero-order valence-electron chi connectivity index (χ0n) is 13.3. The Kier molecular flexibility index (Phi) is 5.53. The number of primary amides is 2. The summed E-state index contributed by atoms with van der Waals surface area (Å²) in [4.78, 5) is 38.3. The van der Waals surface area contributed by atoms with Crippen molar-refractivity contribution in [1.29, 1.82) is 0 Å². The summed E-state index contributed by atoms with van der Waals surface area (Å²) in [5.41, 5.74) is 16.2. The van der Waals surface area contributed by atoms with Crippen LogP contribution in [0, 0.1) is 0 Å². The predicted octanol–water partition coefficient (Wildman–Crippen LogP) is 0.796. The minimum atomic E-state index is -1.34. The summed E-state index contributed by atoms with van der Waals surface area (Å²) >= 11 is 0. The van der Waals surface area contributed by atoms with Crippen molar-refractivity contribution in [3.05, 3.63) is 36.2 Å². The lowest BCUT2D eigenvalue weighted by atomic mass is 9.95. The standard InChI is InChI=1S/C15H15N5O6/c16-10-3-1-2-8-7(10)4-5-19-12(8)9(13(21)26-15(18)23)6-11(20-24)25-14(17)22/h1-5,9,24H,6,16H2,(H2,17,22)(H2,18,23)/b20-11+. The van der Waals surface area contributed by atoms with E-state index >= 15 is 0 Å². The molecular formula is C15H15N5O6. The van der Waals surface area contributed by atoms with Gasteiger partial charge in [0.15, 0.2) is 0 Å². The van der Waals surface area contributed by atoms with Gasteiger partial charge in [-0.1, -0.05) is 17.3 Å². The molecule has 2 amide bonds. The Morgan fingerprint density at radius 3 is 2.42 bits per heavy atom. The molecule has 0 aliphatic heterocycles. The third-order valence-corrected chi connectivity index (χ3v) is 3.40. The molecule has 7 N–H and O–H groups in total. The van der Waals surface area contributed by atoms with Crippen molar-refractivity contribution in [2.45, 2.75) is 12.3 Å². The fourth-order valence-electron chi connectivity index (χ4n) is 2.39. The highest BCUT2D eigenvalue weighted by Crippen LogP contribution is 2.30. The zero-order chi connectivity index (χ0) is 19.3. The van der Waals surface area contributed by atoms with Gasteiger partial charge in [-0.05, 0) is 12.1 Å². The number of rotatable bonds is 4. The summed E-state index contributed by atoms with van der Waals surface area (Å²) in [6.45, 7) is 0. The van der Waals surface area contributed by atoms with E-state index in [2.05, 4.69) is 19.6 Å². The number of pyridine rings is 1. The van der Waals surface area contributed by atoms with Gasteiger partial charge in [0.05, 0.1) is 5.69 Å². The molecule has 0 aliphatic rings. The lowest BCUT2D eigenvalue weighted by molar-refractivity contribution is -0.138. The molecule has 1 aromatic heterocycles. The van der Waals surface area contributed by atoms with Crippen molar-refractivity contribution in [2.24, 2.45) is 16.6 Å². The average molecular weight is 361 g/mol. The van der Waals surface area contributed by atoms with Crippen LogP contribution in [0.3, 0.4) is 0 Å². The first-order chi connectivity index (χ1) is 12.3. The van der Waals surface area contributed by atoms with Crippen molar-refractivity contribution in [1.82, 2.24) is 4.98 Å². The zero-order valence-corrected chi connectivity index (χ0v) is 13.3. The molecule has 26 heavy (non-hydrogen) atoms. The summed E-state index contributed by atoms with van der Waals surface area (Å²) < 4.78 is 8.92.